The van der Waals surface area contributed by atoms with Crippen LogP contribution < -0.4 is 0 Å². The molecule has 0 N–H and O–H groups in total. The van der Waals surface area contributed by atoms with Crippen LogP contribution in [0.25, 0.3) is 0 Å². The van der Waals surface area contributed by atoms with Gasteiger partial charge in [0, 0.05) is 24.3 Å². The molecule has 0 aliphatic heterocycles. The molecule has 0 aromatic carbocycles. The fraction of sp³-hybridized carbons (Fsp3) is 0.538. The van der Waals surface area contributed by atoms with Crippen LogP contribution >= 0.6 is 15.9 Å². The van der Waals surface area contributed by atoms with E-state index in [0.717, 1.165) is 22.6 Å². The monoisotopic (exact) mass is 294 g/mol. The number of rotatable bonds is 4. The Labute approximate surface area is 109 Å². The summed E-state index contributed by atoms with van der Waals surface area (Å²) >= 11 is 3.31. The number of hydrogen-bond donors (Lipinski definition) is 0. The van der Waals surface area contributed by atoms with E-state index in [0.29, 0.717) is 6.04 Å². The van der Waals surface area contributed by atoms with Gasteiger partial charge in [-0.05, 0) is 59.7 Å². The van der Waals surface area contributed by atoms with E-state index in [2.05, 4.69) is 25.8 Å². The van der Waals surface area contributed by atoms with Gasteiger partial charge in [0.05, 0.1) is 0 Å². The number of pyridine rings is 1. The van der Waals surface area contributed by atoms with Gasteiger partial charge in [0.25, 0.3) is 5.91 Å². The van der Waals surface area contributed by atoms with Crippen LogP contribution in [0.5, 0.6) is 0 Å². The summed E-state index contributed by atoms with van der Waals surface area (Å²) in [5.74, 6) is 0.923. The van der Waals surface area contributed by atoms with Crippen LogP contribution in [0.2, 0.25) is 0 Å². The highest BCUT2D eigenvalue weighted by atomic mass is 79.9. The van der Waals surface area contributed by atoms with Crippen LogP contribution in [0, 0.1) is 5.92 Å². The van der Waals surface area contributed by atoms with Gasteiger partial charge in [0.1, 0.15) is 4.60 Å². The fourth-order valence-corrected chi connectivity index (χ4v) is 2.43. The molecule has 4 heteroatoms. The summed E-state index contributed by atoms with van der Waals surface area (Å²) in [5.41, 5.74) is 0.749. The molecule has 1 amide bonds. The normalized spacial score (nSPS) is 19.1. The second-order valence-corrected chi connectivity index (χ2v) is 5.81. The highest BCUT2D eigenvalue weighted by molar-refractivity contribution is 9.10. The van der Waals surface area contributed by atoms with Crippen molar-refractivity contribution in [3.8, 4) is 0 Å². The Kier molecular flexibility index (Phi) is 2.90. The van der Waals surface area contributed by atoms with Gasteiger partial charge >= 0.3 is 0 Å². The van der Waals surface area contributed by atoms with Crippen molar-refractivity contribution < 1.29 is 4.79 Å². The minimum atomic E-state index is 0.169. The third kappa shape index (κ3) is 2.68. The second-order valence-electron chi connectivity index (χ2n) is 5.00. The molecule has 17 heavy (non-hydrogen) atoms. The molecule has 90 valence electrons. The van der Waals surface area contributed by atoms with E-state index in [1.807, 2.05) is 6.07 Å². The Morgan fingerprint density at radius 2 is 2.18 bits per heavy atom. The van der Waals surface area contributed by atoms with Gasteiger partial charge in [-0.1, -0.05) is 0 Å². The highest BCUT2D eigenvalue weighted by Gasteiger charge is 2.36. The first kappa shape index (κ1) is 11.2. The Bertz CT molecular complexity index is 441. The lowest BCUT2D eigenvalue weighted by molar-refractivity contribution is 0.0734. The smallest absolute Gasteiger partial charge is 0.254 e. The van der Waals surface area contributed by atoms with E-state index in [9.17, 15) is 4.79 Å². The third-order valence-electron chi connectivity index (χ3n) is 3.37. The third-order valence-corrected chi connectivity index (χ3v) is 3.81. The maximum absolute atomic E-state index is 12.4. The van der Waals surface area contributed by atoms with Gasteiger partial charge in [-0.2, -0.15) is 0 Å². The first-order chi connectivity index (χ1) is 8.24. The van der Waals surface area contributed by atoms with Crippen LogP contribution in [0.1, 0.15) is 36.0 Å². The first-order valence-corrected chi connectivity index (χ1v) is 6.96. The Morgan fingerprint density at radius 3 is 2.76 bits per heavy atom. The summed E-state index contributed by atoms with van der Waals surface area (Å²) in [6.07, 6.45) is 6.60. The van der Waals surface area contributed by atoms with Crippen molar-refractivity contribution in [3.05, 3.63) is 28.5 Å². The lowest BCUT2D eigenvalue weighted by Crippen LogP contribution is -2.34. The second kappa shape index (κ2) is 4.41. The molecular formula is C13H15BrN2O. The molecule has 0 spiro atoms. The molecule has 1 heterocycles. The van der Waals surface area contributed by atoms with Gasteiger partial charge in [-0.15, -0.1) is 0 Å². The fourth-order valence-electron chi connectivity index (χ4n) is 2.06. The first-order valence-electron chi connectivity index (χ1n) is 6.16. The molecule has 1 aromatic rings. The molecule has 0 unspecified atom stereocenters. The molecule has 0 atom stereocenters. The SMILES string of the molecule is O=C(c1ccnc(Br)c1)N(CC1CC1)C1CC1. The molecule has 2 aliphatic rings. The molecule has 0 radical (unpaired) electrons. The van der Waals surface area contributed by atoms with E-state index in [4.69, 9.17) is 0 Å². The van der Waals surface area contributed by atoms with E-state index in [1.54, 1.807) is 12.3 Å². The molecule has 3 nitrogen and oxygen atoms in total. The summed E-state index contributed by atoms with van der Waals surface area (Å²) in [5, 5.41) is 0. The number of hydrogen-bond acceptors (Lipinski definition) is 2. The number of carbonyl (C=O) groups excluding carboxylic acids is 1. The van der Waals surface area contributed by atoms with E-state index in [-0.39, 0.29) is 5.91 Å². The summed E-state index contributed by atoms with van der Waals surface area (Å²) in [6, 6.07) is 4.11. The standard InChI is InChI=1S/C13H15BrN2O/c14-12-7-10(5-6-15-12)13(17)16(11-3-4-11)8-9-1-2-9/h5-7,9,11H,1-4,8H2. The van der Waals surface area contributed by atoms with Crippen molar-refractivity contribution in [2.45, 2.75) is 31.7 Å². The van der Waals surface area contributed by atoms with Crippen LogP contribution in [0.15, 0.2) is 22.9 Å². The van der Waals surface area contributed by atoms with E-state index < -0.39 is 0 Å². The van der Waals surface area contributed by atoms with Gasteiger partial charge < -0.3 is 4.90 Å². The lowest BCUT2D eigenvalue weighted by Gasteiger charge is -2.22. The van der Waals surface area contributed by atoms with E-state index >= 15 is 0 Å². The minimum absolute atomic E-state index is 0.169. The predicted molar refractivity (Wildman–Crippen MR) is 68.7 cm³/mol. The van der Waals surface area contributed by atoms with Crippen LogP contribution in [-0.2, 0) is 0 Å². The van der Waals surface area contributed by atoms with Crippen molar-refractivity contribution in [2.24, 2.45) is 5.92 Å². The maximum atomic E-state index is 12.4. The van der Waals surface area contributed by atoms with Crippen molar-refractivity contribution in [1.29, 1.82) is 0 Å². The zero-order valence-electron chi connectivity index (χ0n) is 9.60. The number of aromatic nitrogens is 1. The maximum Gasteiger partial charge on any atom is 0.254 e. The number of carbonyl (C=O) groups is 1. The lowest BCUT2D eigenvalue weighted by atomic mass is 10.2. The average Bonchev–Trinajstić information content (AvgIpc) is 3.16. The van der Waals surface area contributed by atoms with Gasteiger partial charge in [0.2, 0.25) is 0 Å². The minimum Gasteiger partial charge on any atom is -0.335 e. The molecule has 2 saturated carbocycles. The van der Waals surface area contributed by atoms with Crippen LogP contribution in [0.4, 0.5) is 0 Å². The number of amides is 1. The largest absolute Gasteiger partial charge is 0.335 e. The number of halogens is 1. The summed E-state index contributed by atoms with van der Waals surface area (Å²) in [4.78, 5) is 18.5. The Morgan fingerprint density at radius 1 is 1.41 bits per heavy atom. The average molecular weight is 295 g/mol. The molecule has 3 rings (SSSR count). The van der Waals surface area contributed by atoms with E-state index in [1.165, 1.54) is 25.7 Å². The molecule has 0 saturated heterocycles. The molecule has 1 aromatic heterocycles. The van der Waals surface area contributed by atoms with Crippen LogP contribution in [0.3, 0.4) is 0 Å². The Hall–Kier alpha value is -0.900. The predicted octanol–water partition coefficient (Wildman–Crippen LogP) is 2.86. The topological polar surface area (TPSA) is 33.2 Å². The van der Waals surface area contributed by atoms with Crippen molar-refractivity contribution >= 4 is 21.8 Å². The quantitative estimate of drug-likeness (QED) is 0.800. The van der Waals surface area contributed by atoms with Gasteiger partial charge in [0.15, 0.2) is 0 Å². The molecule has 2 aliphatic carbocycles. The van der Waals surface area contributed by atoms with Crippen molar-refractivity contribution in [1.82, 2.24) is 9.88 Å². The zero-order chi connectivity index (χ0) is 11.8. The summed E-state index contributed by atoms with van der Waals surface area (Å²) in [7, 11) is 0. The van der Waals surface area contributed by atoms with Gasteiger partial charge in [-0.3, -0.25) is 4.79 Å². The van der Waals surface area contributed by atoms with Gasteiger partial charge in [-0.25, -0.2) is 4.98 Å². The molecule has 0 bridgehead atoms. The summed E-state index contributed by atoms with van der Waals surface area (Å²) < 4.78 is 0.727. The Balaban J connectivity index is 1.77. The van der Waals surface area contributed by atoms with Crippen molar-refractivity contribution in [2.75, 3.05) is 6.54 Å². The molecular weight excluding hydrogens is 280 g/mol. The molecule has 2 fully saturated rings. The highest BCUT2D eigenvalue weighted by Crippen LogP contribution is 2.35. The summed E-state index contributed by atoms with van der Waals surface area (Å²) in [6.45, 7) is 0.948. The zero-order valence-corrected chi connectivity index (χ0v) is 11.2. The van der Waals surface area contributed by atoms with Crippen molar-refractivity contribution in [3.63, 3.8) is 0 Å². The number of nitrogens with zero attached hydrogens (tertiary/aromatic N) is 2. The van der Waals surface area contributed by atoms with Crippen LogP contribution in [-0.4, -0.2) is 28.4 Å².